The Morgan fingerprint density at radius 2 is 1.76 bits per heavy atom. The van der Waals surface area contributed by atoms with Gasteiger partial charge in [-0.15, -0.1) is 0 Å². The SMILES string of the molecule is CC1(OC(=O)C2C3OC4C(OC(=O)C42)C3OC(=O)CCC(=O)OCCC(F)C(F)(F)S(=O)(=O)[O-])CCCC1. The predicted molar refractivity (Wildman–Crippen MR) is 113 cm³/mol. The summed E-state index contributed by atoms with van der Waals surface area (Å²) in [6.45, 7) is 0.839. The molecule has 214 valence electrons. The third kappa shape index (κ3) is 5.34. The van der Waals surface area contributed by atoms with Gasteiger partial charge in [0.05, 0.1) is 19.4 Å². The molecule has 1 saturated carbocycles. The summed E-state index contributed by atoms with van der Waals surface area (Å²) in [5, 5.41) is -5.19. The zero-order chi connectivity index (χ0) is 28.0. The van der Waals surface area contributed by atoms with Gasteiger partial charge < -0.3 is 28.2 Å². The molecule has 0 N–H and O–H groups in total. The molecular formula is C22H26F3O12S-. The zero-order valence-electron chi connectivity index (χ0n) is 20.1. The molecule has 7 atom stereocenters. The molecule has 3 heterocycles. The lowest BCUT2D eigenvalue weighted by Gasteiger charge is -2.31. The number of alkyl halides is 3. The van der Waals surface area contributed by atoms with Crippen molar-refractivity contribution in [3.63, 3.8) is 0 Å². The zero-order valence-corrected chi connectivity index (χ0v) is 21.0. The topological polar surface area (TPSA) is 172 Å². The van der Waals surface area contributed by atoms with Gasteiger partial charge in [-0.3, -0.25) is 19.2 Å². The van der Waals surface area contributed by atoms with E-state index >= 15 is 0 Å². The van der Waals surface area contributed by atoms with E-state index in [9.17, 15) is 45.3 Å². The fourth-order valence-electron chi connectivity index (χ4n) is 5.36. The second kappa shape index (κ2) is 10.3. The Bertz CT molecular complexity index is 1090. The highest BCUT2D eigenvalue weighted by atomic mass is 32.2. The fraction of sp³-hybridized carbons (Fsp3) is 0.818. The lowest BCUT2D eigenvalue weighted by Crippen LogP contribution is -2.49. The molecule has 3 saturated heterocycles. The van der Waals surface area contributed by atoms with Crippen molar-refractivity contribution in [2.75, 3.05) is 6.61 Å². The van der Waals surface area contributed by atoms with Crippen molar-refractivity contribution < 1.29 is 69.0 Å². The number of carbonyl (C=O) groups excluding carboxylic acids is 4. The first-order valence-corrected chi connectivity index (χ1v) is 13.5. The van der Waals surface area contributed by atoms with Crippen molar-refractivity contribution in [1.82, 2.24) is 0 Å². The molecule has 0 aromatic rings. The molecule has 38 heavy (non-hydrogen) atoms. The number of esters is 4. The lowest BCUT2D eigenvalue weighted by molar-refractivity contribution is -0.172. The summed E-state index contributed by atoms with van der Waals surface area (Å²) in [6, 6.07) is 0. The molecule has 4 fully saturated rings. The molecule has 16 heteroatoms. The summed E-state index contributed by atoms with van der Waals surface area (Å²) in [4.78, 5) is 49.5. The van der Waals surface area contributed by atoms with E-state index in [2.05, 4.69) is 4.74 Å². The van der Waals surface area contributed by atoms with Crippen molar-refractivity contribution >= 4 is 34.0 Å². The van der Waals surface area contributed by atoms with Gasteiger partial charge in [0.25, 0.3) is 0 Å². The number of rotatable bonds is 11. The Hall–Kier alpha value is -2.46. The molecule has 2 bridgehead atoms. The standard InChI is InChI=1S/C22H27F3O12S/c1-21(7-2-3-8-21)37-20(29)14-13-15-18(36-19(13)28)17(16(14)35-15)34-12(27)5-4-11(26)33-9-6-10(23)22(24,25)38(30,31)32/h10,13-18H,2-9H2,1H3,(H,30,31,32)/p-1. The third-order valence-electron chi connectivity index (χ3n) is 7.32. The van der Waals surface area contributed by atoms with Crippen molar-refractivity contribution in [3.8, 4) is 0 Å². The van der Waals surface area contributed by atoms with E-state index in [4.69, 9.17) is 18.9 Å². The highest BCUT2D eigenvalue weighted by Crippen LogP contribution is 2.52. The fourth-order valence-corrected chi connectivity index (χ4v) is 5.79. The average Bonchev–Trinajstić information content (AvgIpc) is 3.55. The van der Waals surface area contributed by atoms with Gasteiger partial charge in [-0.2, -0.15) is 8.78 Å². The van der Waals surface area contributed by atoms with Gasteiger partial charge in [0.2, 0.25) is 0 Å². The van der Waals surface area contributed by atoms with Gasteiger partial charge in [0.15, 0.2) is 28.5 Å². The van der Waals surface area contributed by atoms with E-state index in [0.29, 0.717) is 12.8 Å². The van der Waals surface area contributed by atoms with E-state index in [-0.39, 0.29) is 0 Å². The Morgan fingerprint density at radius 3 is 2.39 bits per heavy atom. The van der Waals surface area contributed by atoms with Crippen molar-refractivity contribution in [3.05, 3.63) is 0 Å². The normalized spacial score (nSPS) is 32.1. The second-order valence-corrected chi connectivity index (χ2v) is 11.5. The van der Waals surface area contributed by atoms with Gasteiger partial charge in [-0.25, -0.2) is 12.8 Å². The maximum Gasteiger partial charge on any atom is 0.364 e. The first-order valence-electron chi connectivity index (χ1n) is 12.1. The minimum atomic E-state index is -6.25. The van der Waals surface area contributed by atoms with Crippen LogP contribution in [0.1, 0.15) is 51.9 Å². The third-order valence-corrected chi connectivity index (χ3v) is 8.24. The Labute approximate surface area is 215 Å². The summed E-state index contributed by atoms with van der Waals surface area (Å²) in [5.41, 5.74) is -0.658. The van der Waals surface area contributed by atoms with Crippen LogP contribution in [0, 0.1) is 11.8 Å². The molecular weight excluding hydrogens is 545 g/mol. The van der Waals surface area contributed by atoms with Gasteiger partial charge >= 0.3 is 29.1 Å². The number of fused-ring (bicyclic) bond motifs is 1. The summed E-state index contributed by atoms with van der Waals surface area (Å²) >= 11 is 0. The quantitative estimate of drug-likeness (QED) is 0.195. The molecule has 0 amide bonds. The van der Waals surface area contributed by atoms with Crippen LogP contribution in [-0.2, 0) is 53.0 Å². The van der Waals surface area contributed by atoms with Crippen molar-refractivity contribution in [2.45, 2.75) is 93.3 Å². The van der Waals surface area contributed by atoms with Crippen LogP contribution in [0.4, 0.5) is 13.2 Å². The van der Waals surface area contributed by atoms with E-state index in [1.165, 1.54) is 0 Å². The van der Waals surface area contributed by atoms with Crippen molar-refractivity contribution in [2.24, 2.45) is 11.8 Å². The number of ether oxygens (including phenoxy) is 5. The highest BCUT2D eigenvalue weighted by molar-refractivity contribution is 7.86. The summed E-state index contributed by atoms with van der Waals surface area (Å²) < 4.78 is 97.4. The van der Waals surface area contributed by atoms with Crippen LogP contribution in [0.15, 0.2) is 0 Å². The van der Waals surface area contributed by atoms with Gasteiger partial charge in [0, 0.05) is 6.42 Å². The lowest BCUT2D eigenvalue weighted by atomic mass is 9.78. The molecule has 0 aromatic heterocycles. The molecule has 3 aliphatic heterocycles. The molecule has 12 nitrogen and oxygen atoms in total. The molecule has 0 spiro atoms. The number of hydrogen-bond acceptors (Lipinski definition) is 12. The van der Waals surface area contributed by atoms with E-state index < -0.39 is 113 Å². The summed E-state index contributed by atoms with van der Waals surface area (Å²) in [6.07, 6.45) is -6.51. The van der Waals surface area contributed by atoms with E-state index in [0.717, 1.165) is 12.8 Å². The molecule has 4 aliphatic rings. The molecule has 0 aromatic carbocycles. The number of hydrogen-bond donors (Lipinski definition) is 0. The summed E-state index contributed by atoms with van der Waals surface area (Å²) in [7, 11) is -6.25. The number of carbonyl (C=O) groups is 4. The average molecular weight is 571 g/mol. The van der Waals surface area contributed by atoms with Crippen LogP contribution in [-0.4, -0.2) is 84.9 Å². The van der Waals surface area contributed by atoms with E-state index in [1.54, 1.807) is 0 Å². The van der Waals surface area contributed by atoms with Crippen LogP contribution in [0.25, 0.3) is 0 Å². The maximum atomic E-state index is 13.4. The van der Waals surface area contributed by atoms with Crippen LogP contribution in [0.2, 0.25) is 0 Å². The van der Waals surface area contributed by atoms with Gasteiger partial charge in [0.1, 0.15) is 29.6 Å². The molecule has 0 radical (unpaired) electrons. The monoisotopic (exact) mass is 571 g/mol. The van der Waals surface area contributed by atoms with Crippen LogP contribution in [0.5, 0.6) is 0 Å². The smallest absolute Gasteiger partial charge is 0.364 e. The van der Waals surface area contributed by atoms with E-state index in [1.807, 2.05) is 6.92 Å². The first kappa shape index (κ1) is 28.5. The summed E-state index contributed by atoms with van der Waals surface area (Å²) in [5.74, 6) is -5.26. The number of halogens is 3. The van der Waals surface area contributed by atoms with Gasteiger partial charge in [-0.05, 0) is 32.6 Å². The Kier molecular flexibility index (Phi) is 7.71. The van der Waals surface area contributed by atoms with Crippen LogP contribution in [0.3, 0.4) is 0 Å². The molecule has 1 aliphatic carbocycles. The minimum absolute atomic E-state index is 0.561. The second-order valence-electron chi connectivity index (χ2n) is 10.0. The Morgan fingerprint density at radius 1 is 1.13 bits per heavy atom. The van der Waals surface area contributed by atoms with Crippen molar-refractivity contribution in [1.29, 1.82) is 0 Å². The molecule has 7 unspecified atom stereocenters. The van der Waals surface area contributed by atoms with Crippen LogP contribution >= 0.6 is 0 Å². The minimum Gasteiger partial charge on any atom is -0.743 e. The maximum absolute atomic E-state index is 13.4. The first-order chi connectivity index (χ1) is 17.6. The largest absolute Gasteiger partial charge is 0.743 e. The van der Waals surface area contributed by atoms with Crippen LogP contribution < -0.4 is 0 Å². The predicted octanol–water partition coefficient (Wildman–Crippen LogP) is 0.902. The van der Waals surface area contributed by atoms with Gasteiger partial charge in [-0.1, -0.05) is 0 Å². The highest BCUT2D eigenvalue weighted by Gasteiger charge is 2.72. The Balaban J connectivity index is 1.26. The molecule has 4 rings (SSSR count).